The van der Waals surface area contributed by atoms with Gasteiger partial charge in [-0.3, -0.25) is 19.9 Å². The minimum atomic E-state index is -1.24. The molecule has 0 aromatic heterocycles. The number of halogens is 1. The number of methoxy groups -OCH3 is 1. The number of carbonyl (C=O) groups excluding carboxylic acids is 3. The second kappa shape index (κ2) is 7.37. The molecule has 0 radical (unpaired) electrons. The SMILES string of the molecule is COc1ccccc1N1C(=O)NC(=O)[C@H](C=Nc2ccc(Cl)cc2)C1=O. The molecule has 0 unspecified atom stereocenters. The van der Waals surface area contributed by atoms with Crippen molar-refractivity contribution < 1.29 is 19.1 Å². The Balaban J connectivity index is 1.91. The van der Waals surface area contributed by atoms with E-state index in [1.54, 1.807) is 48.5 Å². The Morgan fingerprint density at radius 2 is 1.81 bits per heavy atom. The van der Waals surface area contributed by atoms with Crippen molar-refractivity contribution in [3.8, 4) is 5.75 Å². The van der Waals surface area contributed by atoms with E-state index in [0.29, 0.717) is 16.5 Å². The minimum Gasteiger partial charge on any atom is -0.495 e. The molecular weight excluding hydrogens is 358 g/mol. The lowest BCUT2D eigenvalue weighted by atomic mass is 10.1. The van der Waals surface area contributed by atoms with Gasteiger partial charge in [-0.1, -0.05) is 23.7 Å². The summed E-state index contributed by atoms with van der Waals surface area (Å²) in [5.74, 6) is -2.35. The molecule has 1 aliphatic heterocycles. The first-order valence-electron chi connectivity index (χ1n) is 7.63. The number of nitrogens with one attached hydrogen (secondary N) is 1. The number of nitrogens with zero attached hydrogens (tertiary/aromatic N) is 2. The number of hydrogen-bond acceptors (Lipinski definition) is 5. The fourth-order valence-electron chi connectivity index (χ4n) is 2.45. The molecule has 4 amide bonds. The number of para-hydroxylation sites is 2. The van der Waals surface area contributed by atoms with Crippen molar-refractivity contribution in [2.24, 2.45) is 10.9 Å². The lowest BCUT2D eigenvalue weighted by Crippen LogP contribution is -2.58. The lowest BCUT2D eigenvalue weighted by Gasteiger charge is -2.29. The first-order chi connectivity index (χ1) is 12.5. The van der Waals surface area contributed by atoms with Gasteiger partial charge in [0.25, 0.3) is 5.91 Å². The predicted octanol–water partition coefficient (Wildman–Crippen LogP) is 2.95. The maximum atomic E-state index is 12.8. The molecule has 1 saturated heterocycles. The highest BCUT2D eigenvalue weighted by molar-refractivity contribution is 6.33. The van der Waals surface area contributed by atoms with Gasteiger partial charge in [-0.2, -0.15) is 0 Å². The van der Waals surface area contributed by atoms with E-state index in [4.69, 9.17) is 16.3 Å². The van der Waals surface area contributed by atoms with E-state index in [9.17, 15) is 14.4 Å². The topological polar surface area (TPSA) is 88.1 Å². The summed E-state index contributed by atoms with van der Waals surface area (Å²) in [4.78, 5) is 42.1. The van der Waals surface area contributed by atoms with Crippen LogP contribution in [0.5, 0.6) is 5.75 Å². The third-order valence-corrected chi connectivity index (χ3v) is 3.98. The van der Waals surface area contributed by atoms with Gasteiger partial charge in [0.2, 0.25) is 5.91 Å². The van der Waals surface area contributed by atoms with Gasteiger partial charge in [-0.15, -0.1) is 0 Å². The number of imide groups is 2. The number of ether oxygens (including phenoxy) is 1. The van der Waals surface area contributed by atoms with Crippen LogP contribution in [0.1, 0.15) is 0 Å². The van der Waals surface area contributed by atoms with Crippen LogP contribution in [0.15, 0.2) is 53.5 Å². The third-order valence-electron chi connectivity index (χ3n) is 3.73. The van der Waals surface area contributed by atoms with E-state index in [1.807, 2.05) is 0 Å². The molecule has 0 saturated carbocycles. The van der Waals surface area contributed by atoms with Crippen molar-refractivity contribution >= 4 is 47.0 Å². The molecule has 3 rings (SSSR count). The van der Waals surface area contributed by atoms with Crippen LogP contribution in [-0.2, 0) is 9.59 Å². The number of anilines is 1. The summed E-state index contributed by atoms with van der Waals surface area (Å²) >= 11 is 5.81. The average Bonchev–Trinajstić information content (AvgIpc) is 2.63. The number of rotatable bonds is 4. The van der Waals surface area contributed by atoms with Gasteiger partial charge >= 0.3 is 6.03 Å². The maximum Gasteiger partial charge on any atom is 0.335 e. The van der Waals surface area contributed by atoms with Gasteiger partial charge < -0.3 is 4.74 Å². The molecule has 132 valence electrons. The quantitative estimate of drug-likeness (QED) is 0.661. The van der Waals surface area contributed by atoms with Crippen LogP contribution in [0, 0.1) is 5.92 Å². The first kappa shape index (κ1) is 17.6. The average molecular weight is 372 g/mol. The van der Waals surface area contributed by atoms with Gasteiger partial charge in [0, 0.05) is 11.2 Å². The fourth-order valence-corrected chi connectivity index (χ4v) is 2.58. The molecule has 26 heavy (non-hydrogen) atoms. The number of carbonyl (C=O) groups is 3. The molecule has 7 nitrogen and oxygen atoms in total. The summed E-state index contributed by atoms with van der Waals surface area (Å²) in [6.07, 6.45) is 1.20. The van der Waals surface area contributed by atoms with Crippen LogP contribution in [0.2, 0.25) is 5.02 Å². The highest BCUT2D eigenvalue weighted by Crippen LogP contribution is 2.30. The summed E-state index contributed by atoms with van der Waals surface area (Å²) in [6, 6.07) is 12.3. The molecule has 0 aliphatic carbocycles. The zero-order chi connectivity index (χ0) is 18.7. The van der Waals surface area contributed by atoms with E-state index in [1.165, 1.54) is 13.3 Å². The summed E-state index contributed by atoms with van der Waals surface area (Å²) in [7, 11) is 1.43. The summed E-state index contributed by atoms with van der Waals surface area (Å²) in [6.45, 7) is 0. The zero-order valence-corrected chi connectivity index (χ0v) is 14.4. The highest BCUT2D eigenvalue weighted by Gasteiger charge is 2.41. The van der Waals surface area contributed by atoms with E-state index in [2.05, 4.69) is 10.3 Å². The second-order valence-electron chi connectivity index (χ2n) is 5.37. The van der Waals surface area contributed by atoms with Gasteiger partial charge in [-0.05, 0) is 36.4 Å². The predicted molar refractivity (Wildman–Crippen MR) is 97.1 cm³/mol. The van der Waals surface area contributed by atoms with Crippen LogP contribution in [0.4, 0.5) is 16.2 Å². The highest BCUT2D eigenvalue weighted by atomic mass is 35.5. The first-order valence-corrected chi connectivity index (χ1v) is 8.00. The van der Waals surface area contributed by atoms with Crippen molar-refractivity contribution in [2.45, 2.75) is 0 Å². The van der Waals surface area contributed by atoms with Crippen molar-refractivity contribution in [3.63, 3.8) is 0 Å². The number of urea groups is 1. The Morgan fingerprint density at radius 1 is 1.12 bits per heavy atom. The van der Waals surface area contributed by atoms with Crippen molar-refractivity contribution in [2.75, 3.05) is 12.0 Å². The molecule has 1 N–H and O–H groups in total. The number of hydrogen-bond donors (Lipinski definition) is 1. The van der Waals surface area contributed by atoms with Gasteiger partial charge in [0.1, 0.15) is 5.75 Å². The van der Waals surface area contributed by atoms with E-state index in [0.717, 1.165) is 4.90 Å². The maximum absolute atomic E-state index is 12.8. The van der Waals surface area contributed by atoms with Crippen molar-refractivity contribution in [3.05, 3.63) is 53.6 Å². The normalized spacial score (nSPS) is 17.5. The molecule has 1 heterocycles. The van der Waals surface area contributed by atoms with E-state index < -0.39 is 23.8 Å². The Kier molecular flexibility index (Phi) is 4.99. The Bertz CT molecular complexity index is 896. The van der Waals surface area contributed by atoms with Crippen LogP contribution in [0.3, 0.4) is 0 Å². The van der Waals surface area contributed by atoms with Crippen LogP contribution >= 0.6 is 11.6 Å². The smallest absolute Gasteiger partial charge is 0.335 e. The van der Waals surface area contributed by atoms with Gasteiger partial charge in [0.05, 0.1) is 18.5 Å². The molecule has 1 aliphatic rings. The molecule has 1 fully saturated rings. The Morgan fingerprint density at radius 3 is 2.50 bits per heavy atom. The molecule has 2 aromatic rings. The minimum absolute atomic E-state index is 0.245. The molecular formula is C18H14ClN3O4. The van der Waals surface area contributed by atoms with Gasteiger partial charge in [-0.25, -0.2) is 9.69 Å². The summed E-state index contributed by atoms with van der Waals surface area (Å²) in [5.41, 5.74) is 0.769. The summed E-state index contributed by atoms with van der Waals surface area (Å²) < 4.78 is 5.19. The van der Waals surface area contributed by atoms with Crippen molar-refractivity contribution in [1.29, 1.82) is 0 Å². The van der Waals surface area contributed by atoms with Crippen LogP contribution in [0.25, 0.3) is 0 Å². The van der Waals surface area contributed by atoms with Crippen LogP contribution < -0.4 is 15.0 Å². The number of aliphatic imine (C=N–C) groups is 1. The van der Waals surface area contributed by atoms with Gasteiger partial charge in [0.15, 0.2) is 5.92 Å². The molecule has 2 aromatic carbocycles. The number of amides is 4. The zero-order valence-electron chi connectivity index (χ0n) is 13.7. The molecule has 8 heteroatoms. The molecule has 1 atom stereocenters. The molecule has 0 spiro atoms. The van der Waals surface area contributed by atoms with Crippen LogP contribution in [-0.4, -0.2) is 31.2 Å². The third kappa shape index (κ3) is 3.43. The van der Waals surface area contributed by atoms with E-state index >= 15 is 0 Å². The second-order valence-corrected chi connectivity index (χ2v) is 5.81. The number of barbiturate groups is 1. The summed E-state index contributed by atoms with van der Waals surface area (Å²) in [5, 5.41) is 2.71. The molecule has 0 bridgehead atoms. The monoisotopic (exact) mass is 371 g/mol. The Hall–Kier alpha value is -3.19. The lowest BCUT2D eigenvalue weighted by molar-refractivity contribution is -0.131. The van der Waals surface area contributed by atoms with Crippen molar-refractivity contribution in [1.82, 2.24) is 5.32 Å². The largest absolute Gasteiger partial charge is 0.495 e. The Labute approximate surface area is 154 Å². The fraction of sp³-hybridized carbons (Fsp3) is 0.111. The van der Waals surface area contributed by atoms with E-state index in [-0.39, 0.29) is 5.69 Å². The standard InChI is InChI=1S/C18H14ClN3O4/c1-26-15-5-3-2-4-14(15)22-17(24)13(16(23)21-18(22)25)10-20-12-8-6-11(19)7-9-12/h2-10,13H,1H3,(H,21,23,25)/t13-/m0/s1. The number of benzene rings is 2.